The minimum Gasteiger partial charge on any atom is -0.870 e. The van der Waals surface area contributed by atoms with Gasteiger partial charge >= 0.3 is 18.9 Å². The molecular weight excluding hydrogens is 538 g/mol. The fourth-order valence-electron chi connectivity index (χ4n) is 3.50. The predicted molar refractivity (Wildman–Crippen MR) is 138 cm³/mol. The number of amides is 1. The molecule has 0 fully saturated rings. The van der Waals surface area contributed by atoms with Crippen molar-refractivity contribution in [3.8, 4) is 22.4 Å². The third-order valence-electron chi connectivity index (χ3n) is 5.19. The van der Waals surface area contributed by atoms with Gasteiger partial charge in [0.15, 0.2) is 5.76 Å². The van der Waals surface area contributed by atoms with Crippen molar-refractivity contribution in [2.45, 2.75) is 19.4 Å². The van der Waals surface area contributed by atoms with Gasteiger partial charge in [-0.3, -0.25) is 9.59 Å². The monoisotopic (exact) mass is 556 g/mol. The number of anilines is 1. The molecule has 37 heavy (non-hydrogen) atoms. The number of carbonyl (C=O) groups excluding carboxylic acids is 2. The average Bonchev–Trinajstić information content (AvgIpc) is 3.14. The SMILES string of the molecule is CC(C)(O)C(=O)c1oc2nc(-c3ccc(Cl)cc3Cl)c(-c3ccc(Cl)cc3)cc2c1NC(=O)CO.[Li+].[OH-]. The van der Waals surface area contributed by atoms with E-state index in [1.54, 1.807) is 48.5 Å². The van der Waals surface area contributed by atoms with Gasteiger partial charge in [0.2, 0.25) is 17.4 Å². The molecule has 4 rings (SSSR count). The normalized spacial score (nSPS) is 11.0. The molecule has 0 bridgehead atoms. The summed E-state index contributed by atoms with van der Waals surface area (Å²) in [6, 6.07) is 13.6. The van der Waals surface area contributed by atoms with Crippen LogP contribution in [0, 0.1) is 0 Å². The number of Topliss-reactive ketones (excluding diaryl/α,β-unsaturated/α-hetero) is 1. The molecule has 0 aliphatic carbocycles. The summed E-state index contributed by atoms with van der Waals surface area (Å²) in [6.07, 6.45) is 0. The maximum Gasteiger partial charge on any atom is 1.00 e. The van der Waals surface area contributed by atoms with Crippen molar-refractivity contribution < 1.29 is 48.6 Å². The first-order valence-electron chi connectivity index (χ1n) is 10.4. The van der Waals surface area contributed by atoms with Crippen LogP contribution in [0.4, 0.5) is 5.69 Å². The Hall–Kier alpha value is -2.38. The molecule has 0 saturated carbocycles. The summed E-state index contributed by atoms with van der Waals surface area (Å²) in [5.41, 5.74) is 0.510. The van der Waals surface area contributed by atoms with Crippen molar-refractivity contribution >= 4 is 63.3 Å². The smallest absolute Gasteiger partial charge is 0.870 e. The number of nitrogens with one attached hydrogen (secondary N) is 1. The van der Waals surface area contributed by atoms with Gasteiger partial charge in [-0.05, 0) is 55.8 Å². The van der Waals surface area contributed by atoms with E-state index in [0.29, 0.717) is 31.9 Å². The molecule has 4 N–H and O–H groups in total. The van der Waals surface area contributed by atoms with E-state index >= 15 is 0 Å². The van der Waals surface area contributed by atoms with Gasteiger partial charge < -0.3 is 25.4 Å². The first-order chi connectivity index (χ1) is 16.5. The summed E-state index contributed by atoms with van der Waals surface area (Å²) in [4.78, 5) is 29.6. The fourth-order valence-corrected chi connectivity index (χ4v) is 4.12. The maximum atomic E-state index is 12.9. The van der Waals surface area contributed by atoms with Gasteiger partial charge in [-0.15, -0.1) is 0 Å². The Morgan fingerprint density at radius 1 is 1.00 bits per heavy atom. The summed E-state index contributed by atoms with van der Waals surface area (Å²) in [5.74, 6) is -1.85. The molecule has 8 nitrogen and oxygen atoms in total. The Morgan fingerprint density at radius 3 is 2.19 bits per heavy atom. The van der Waals surface area contributed by atoms with Gasteiger partial charge in [-0.2, -0.15) is 0 Å². The Labute approximate surface area is 239 Å². The maximum absolute atomic E-state index is 12.9. The van der Waals surface area contributed by atoms with Gasteiger partial charge in [-0.1, -0.05) is 46.9 Å². The zero-order chi connectivity index (χ0) is 25.5. The summed E-state index contributed by atoms with van der Waals surface area (Å²) in [5, 5.41) is 23.7. The molecule has 0 aliphatic rings. The van der Waals surface area contributed by atoms with E-state index in [9.17, 15) is 19.8 Å². The van der Waals surface area contributed by atoms with Crippen molar-refractivity contribution in [3.63, 3.8) is 0 Å². The molecule has 188 valence electrons. The summed E-state index contributed by atoms with van der Waals surface area (Å²) < 4.78 is 5.76. The number of aromatic nitrogens is 1. The Morgan fingerprint density at radius 2 is 1.62 bits per heavy atom. The van der Waals surface area contributed by atoms with Crippen LogP contribution in [0.3, 0.4) is 0 Å². The molecule has 0 saturated heterocycles. The molecule has 2 aromatic carbocycles. The molecule has 2 heterocycles. The van der Waals surface area contributed by atoms with Crippen molar-refractivity contribution in [2.75, 3.05) is 11.9 Å². The molecule has 0 atom stereocenters. The third-order valence-corrected chi connectivity index (χ3v) is 5.99. The average molecular weight is 558 g/mol. The number of fused-ring (bicyclic) bond motifs is 1. The second kappa shape index (κ2) is 12.0. The third kappa shape index (κ3) is 6.37. The first-order valence-corrected chi connectivity index (χ1v) is 11.5. The molecule has 1 amide bonds. The molecule has 0 aliphatic heterocycles. The van der Waals surface area contributed by atoms with E-state index in [0.717, 1.165) is 5.56 Å². The van der Waals surface area contributed by atoms with E-state index in [4.69, 9.17) is 39.2 Å². The largest absolute Gasteiger partial charge is 1.00 e. The number of hydrogen-bond donors (Lipinski definition) is 3. The molecule has 0 spiro atoms. The minimum absolute atomic E-state index is 0. The van der Waals surface area contributed by atoms with Gasteiger partial charge in [0.1, 0.15) is 17.9 Å². The van der Waals surface area contributed by atoms with Crippen molar-refractivity contribution in [3.05, 3.63) is 69.4 Å². The van der Waals surface area contributed by atoms with Gasteiger partial charge in [0.25, 0.3) is 0 Å². The number of carbonyl (C=O) groups is 2. The quantitative estimate of drug-likeness (QED) is 0.244. The van der Waals surface area contributed by atoms with E-state index < -0.39 is 23.9 Å². The summed E-state index contributed by atoms with van der Waals surface area (Å²) in [7, 11) is 0. The molecule has 4 aromatic rings. The van der Waals surface area contributed by atoms with E-state index in [2.05, 4.69) is 10.3 Å². The number of aliphatic hydroxyl groups is 2. The summed E-state index contributed by atoms with van der Waals surface area (Å²) in [6.45, 7) is 1.77. The summed E-state index contributed by atoms with van der Waals surface area (Å²) >= 11 is 18.6. The fraction of sp³-hybridized carbons (Fsp3) is 0.160. The second-order valence-corrected chi connectivity index (χ2v) is 9.55. The number of benzene rings is 2. The molecule has 0 unspecified atom stereocenters. The van der Waals surface area contributed by atoms with E-state index in [1.807, 2.05) is 0 Å². The van der Waals surface area contributed by atoms with Crippen molar-refractivity contribution in [1.29, 1.82) is 0 Å². The first kappa shape index (κ1) is 30.8. The Balaban J connectivity index is 0.00000241. The number of pyridine rings is 1. The van der Waals surface area contributed by atoms with Gasteiger partial charge in [0.05, 0.1) is 16.1 Å². The molecule has 12 heteroatoms. The van der Waals surface area contributed by atoms with E-state index in [1.165, 1.54) is 13.8 Å². The van der Waals surface area contributed by atoms with E-state index in [-0.39, 0.29) is 46.9 Å². The molecule has 0 radical (unpaired) electrons. The number of furan rings is 1. The second-order valence-electron chi connectivity index (χ2n) is 8.27. The Kier molecular flexibility index (Phi) is 9.99. The van der Waals surface area contributed by atoms with Crippen molar-refractivity contribution in [1.82, 2.24) is 4.98 Å². The van der Waals surface area contributed by atoms with Crippen LogP contribution < -0.4 is 24.2 Å². The Bertz CT molecular complexity index is 1470. The number of ketones is 1. The van der Waals surface area contributed by atoms with Crippen LogP contribution in [0.15, 0.2) is 52.9 Å². The number of aliphatic hydroxyl groups excluding tert-OH is 1. The zero-order valence-corrected chi connectivity index (χ0v) is 22.2. The topological polar surface area (TPSA) is 143 Å². The van der Waals surface area contributed by atoms with Crippen LogP contribution in [0.5, 0.6) is 0 Å². The number of nitrogens with zero attached hydrogens (tertiary/aromatic N) is 1. The predicted octanol–water partition coefficient (Wildman–Crippen LogP) is 2.83. The standard InChI is InChI=1S/C25H19Cl3N2O5.Li.H2O/c1-25(2,34)23(33)22-21(29-19(32)11-31)17-10-16(12-3-5-13(26)6-4-12)20(30-24(17)35-22)15-8-7-14(27)9-18(15)28;;/h3-10,31,34H,11H2,1-2H3,(H,29,32);;1H2/q;+1;/p-1. The van der Waals surface area contributed by atoms with Gasteiger partial charge in [0, 0.05) is 21.2 Å². The van der Waals surface area contributed by atoms with Crippen LogP contribution in [-0.4, -0.2) is 44.6 Å². The van der Waals surface area contributed by atoms with Crippen molar-refractivity contribution in [2.24, 2.45) is 0 Å². The zero-order valence-electron chi connectivity index (χ0n) is 20.0. The molecule has 2 aromatic heterocycles. The minimum atomic E-state index is -1.80. The number of hydrogen-bond acceptors (Lipinski definition) is 7. The number of rotatable bonds is 6. The van der Waals surface area contributed by atoms with Gasteiger partial charge in [-0.25, -0.2) is 4.98 Å². The number of halogens is 3. The van der Waals surface area contributed by atoms with Crippen LogP contribution in [0.25, 0.3) is 33.5 Å². The van der Waals surface area contributed by atoms with Crippen LogP contribution in [0.1, 0.15) is 24.4 Å². The van der Waals surface area contributed by atoms with Crippen LogP contribution in [0.2, 0.25) is 15.1 Å². The van der Waals surface area contributed by atoms with Crippen LogP contribution >= 0.6 is 34.8 Å². The molecular formula is C25H20Cl3LiN2O6. The van der Waals surface area contributed by atoms with Crippen LogP contribution in [-0.2, 0) is 4.79 Å².